The van der Waals surface area contributed by atoms with Gasteiger partial charge in [0, 0.05) is 0 Å². The fraction of sp³-hybridized carbons (Fsp3) is 0.815. The first kappa shape index (κ1) is 25.2. The first-order valence-corrected chi connectivity index (χ1v) is 13.1. The zero-order chi connectivity index (χ0) is 24.7. The van der Waals surface area contributed by atoms with E-state index in [4.69, 9.17) is 4.84 Å². The molecule has 0 saturated heterocycles. The van der Waals surface area contributed by atoms with Crippen LogP contribution in [-0.2, 0) is 14.4 Å². The molecule has 3 fully saturated rings. The van der Waals surface area contributed by atoms with Gasteiger partial charge in [0.1, 0.15) is 6.04 Å². The zero-order valence-electron chi connectivity index (χ0n) is 21.2. The number of fused-ring (bicyclic) bond motifs is 5. The number of hydrogen-bond acceptors (Lipinski definition) is 5. The summed E-state index contributed by atoms with van der Waals surface area (Å²) in [6.07, 6.45) is 11.0. The molecule has 3 saturated carbocycles. The Kier molecular flexibility index (Phi) is 7.14. The van der Waals surface area contributed by atoms with Crippen molar-refractivity contribution in [1.82, 2.24) is 5.32 Å². The van der Waals surface area contributed by atoms with E-state index in [1.807, 2.05) is 13.8 Å². The third-order valence-electron chi connectivity index (χ3n) is 9.65. The number of aliphatic hydroxyl groups is 1. The minimum atomic E-state index is -1.03. The van der Waals surface area contributed by atoms with Crippen molar-refractivity contribution in [3.8, 4) is 0 Å². The Morgan fingerprint density at radius 1 is 1.15 bits per heavy atom. The summed E-state index contributed by atoms with van der Waals surface area (Å²) in [5.41, 5.74) is 2.60. The van der Waals surface area contributed by atoms with Crippen molar-refractivity contribution in [2.45, 2.75) is 97.6 Å². The lowest BCUT2D eigenvalue weighted by Gasteiger charge is -2.57. The van der Waals surface area contributed by atoms with Crippen molar-refractivity contribution >= 4 is 17.6 Å². The maximum absolute atomic E-state index is 12.2. The number of aliphatic carboxylic acids is 1. The summed E-state index contributed by atoms with van der Waals surface area (Å²) < 4.78 is 0. The first-order valence-electron chi connectivity index (χ1n) is 13.1. The highest BCUT2D eigenvalue weighted by Crippen LogP contribution is 2.65. The average molecular weight is 475 g/mol. The van der Waals surface area contributed by atoms with E-state index in [2.05, 4.69) is 30.4 Å². The van der Waals surface area contributed by atoms with Crippen LogP contribution in [0.15, 0.2) is 16.8 Å². The Labute approximate surface area is 203 Å². The average Bonchev–Trinajstić information content (AvgIpc) is 3.07. The minimum absolute atomic E-state index is 0.100. The van der Waals surface area contributed by atoms with Gasteiger partial charge >= 0.3 is 5.97 Å². The van der Waals surface area contributed by atoms with Crippen LogP contribution in [0.3, 0.4) is 0 Å². The van der Waals surface area contributed by atoms with Gasteiger partial charge in [-0.2, -0.15) is 0 Å². The maximum Gasteiger partial charge on any atom is 0.326 e. The molecule has 0 aliphatic heterocycles. The smallest absolute Gasteiger partial charge is 0.326 e. The second-order valence-electron chi connectivity index (χ2n) is 12.1. The molecule has 0 bridgehead atoms. The molecule has 0 spiro atoms. The van der Waals surface area contributed by atoms with E-state index in [-0.39, 0.29) is 29.5 Å². The van der Waals surface area contributed by atoms with Crippen LogP contribution < -0.4 is 5.32 Å². The molecule has 0 unspecified atom stereocenters. The van der Waals surface area contributed by atoms with E-state index in [1.54, 1.807) is 0 Å². The highest BCUT2D eigenvalue weighted by Gasteiger charge is 2.58. The van der Waals surface area contributed by atoms with Crippen LogP contribution >= 0.6 is 0 Å². The Morgan fingerprint density at radius 2 is 1.91 bits per heavy atom. The molecule has 7 atom stereocenters. The quantitative estimate of drug-likeness (QED) is 0.477. The standard InChI is InChI=1S/C27H42N2O5/c1-16(2)13-22(25(32)33)28-24(31)15-34-29-18-9-11-26(3)17(14-18)5-6-19-20-7-8-23(30)27(20,4)12-10-21(19)26/h14,16,19-23,30H,5-13,15H2,1-4H3,(H,28,31)(H,32,33)/t19-,20+,21-,22+,23-,26+,27+/m1/s1. The van der Waals surface area contributed by atoms with E-state index in [9.17, 15) is 19.8 Å². The lowest BCUT2D eigenvalue weighted by atomic mass is 9.47. The largest absolute Gasteiger partial charge is 0.480 e. The van der Waals surface area contributed by atoms with Crippen molar-refractivity contribution in [3.05, 3.63) is 11.6 Å². The molecule has 0 aromatic rings. The van der Waals surface area contributed by atoms with Crippen LogP contribution in [0.25, 0.3) is 0 Å². The number of allylic oxidation sites excluding steroid dienone is 2. The minimum Gasteiger partial charge on any atom is -0.480 e. The molecular weight excluding hydrogens is 432 g/mol. The summed E-state index contributed by atoms with van der Waals surface area (Å²) in [7, 11) is 0. The third kappa shape index (κ3) is 4.65. The molecule has 0 aromatic carbocycles. The molecule has 0 radical (unpaired) electrons. The summed E-state index contributed by atoms with van der Waals surface area (Å²) >= 11 is 0. The van der Waals surface area contributed by atoms with Gasteiger partial charge in [0.05, 0.1) is 11.8 Å². The number of carbonyl (C=O) groups is 2. The summed E-state index contributed by atoms with van der Waals surface area (Å²) in [4.78, 5) is 28.8. The van der Waals surface area contributed by atoms with Gasteiger partial charge in [-0.1, -0.05) is 38.4 Å². The summed E-state index contributed by atoms with van der Waals surface area (Å²) in [6.45, 7) is 8.31. The van der Waals surface area contributed by atoms with Gasteiger partial charge in [-0.15, -0.1) is 0 Å². The number of nitrogens with one attached hydrogen (secondary N) is 1. The van der Waals surface area contributed by atoms with Gasteiger partial charge in [0.25, 0.3) is 5.91 Å². The molecule has 4 aliphatic carbocycles. The first-order chi connectivity index (χ1) is 16.0. The van der Waals surface area contributed by atoms with Gasteiger partial charge in [0.2, 0.25) is 0 Å². The molecule has 0 heterocycles. The van der Waals surface area contributed by atoms with Crippen molar-refractivity contribution in [3.63, 3.8) is 0 Å². The van der Waals surface area contributed by atoms with Gasteiger partial charge in [-0.25, -0.2) is 4.79 Å². The summed E-state index contributed by atoms with van der Waals surface area (Å²) in [5, 5.41) is 26.7. The Hall–Kier alpha value is -1.89. The number of oxime groups is 1. The van der Waals surface area contributed by atoms with Crippen LogP contribution in [0.5, 0.6) is 0 Å². The number of nitrogens with zero attached hydrogens (tertiary/aromatic N) is 1. The Bertz CT molecular complexity index is 867. The molecule has 7 nitrogen and oxygen atoms in total. The lowest BCUT2D eigenvalue weighted by molar-refractivity contribution is -0.143. The normalized spacial score (nSPS) is 39.0. The molecule has 4 rings (SSSR count). The topological polar surface area (TPSA) is 108 Å². The maximum atomic E-state index is 12.2. The van der Waals surface area contributed by atoms with Gasteiger partial charge < -0.3 is 20.4 Å². The van der Waals surface area contributed by atoms with Gasteiger partial charge in [0.15, 0.2) is 6.61 Å². The molecule has 1 amide bonds. The summed E-state index contributed by atoms with van der Waals surface area (Å²) in [6, 6.07) is -0.908. The van der Waals surface area contributed by atoms with Crippen molar-refractivity contribution in [2.24, 2.45) is 39.7 Å². The predicted molar refractivity (Wildman–Crippen MR) is 130 cm³/mol. The van der Waals surface area contributed by atoms with Crippen molar-refractivity contribution in [1.29, 1.82) is 0 Å². The van der Waals surface area contributed by atoms with Crippen LogP contribution in [0.4, 0.5) is 0 Å². The van der Waals surface area contributed by atoms with E-state index >= 15 is 0 Å². The van der Waals surface area contributed by atoms with E-state index in [0.717, 1.165) is 44.2 Å². The number of aliphatic hydroxyl groups excluding tert-OH is 1. The Morgan fingerprint density at radius 3 is 2.62 bits per heavy atom. The van der Waals surface area contributed by atoms with Crippen LogP contribution in [-0.4, -0.2) is 46.6 Å². The molecule has 4 aliphatic rings. The molecule has 3 N–H and O–H groups in total. The van der Waals surface area contributed by atoms with Crippen LogP contribution in [0, 0.1) is 34.5 Å². The molecule has 190 valence electrons. The van der Waals surface area contributed by atoms with E-state index < -0.39 is 17.9 Å². The monoisotopic (exact) mass is 474 g/mol. The third-order valence-corrected chi connectivity index (χ3v) is 9.65. The van der Waals surface area contributed by atoms with Gasteiger partial charge in [-0.05, 0) is 98.4 Å². The number of carbonyl (C=O) groups excluding carboxylic acids is 1. The van der Waals surface area contributed by atoms with Gasteiger partial charge in [-0.3, -0.25) is 4.79 Å². The number of carboxylic acid groups (broad SMARTS) is 1. The lowest BCUT2D eigenvalue weighted by Crippen LogP contribution is -2.51. The number of amides is 1. The number of rotatable bonds is 7. The molecule has 34 heavy (non-hydrogen) atoms. The molecular formula is C27H42N2O5. The van der Waals surface area contributed by atoms with Crippen molar-refractivity contribution in [2.75, 3.05) is 6.61 Å². The molecule has 7 heteroatoms. The Balaban J connectivity index is 1.37. The fourth-order valence-corrected chi connectivity index (χ4v) is 7.72. The predicted octanol–water partition coefficient (Wildman–Crippen LogP) is 4.30. The van der Waals surface area contributed by atoms with Crippen molar-refractivity contribution < 1.29 is 24.6 Å². The van der Waals surface area contributed by atoms with E-state index in [1.165, 1.54) is 18.4 Å². The zero-order valence-corrected chi connectivity index (χ0v) is 21.2. The second-order valence-corrected chi connectivity index (χ2v) is 12.1. The van der Waals surface area contributed by atoms with E-state index in [0.29, 0.717) is 24.2 Å². The molecule has 0 aromatic heterocycles. The van der Waals surface area contributed by atoms with Crippen LogP contribution in [0.1, 0.15) is 85.5 Å². The highest BCUT2D eigenvalue weighted by atomic mass is 16.6. The number of hydrogen-bond donors (Lipinski definition) is 3. The SMILES string of the molecule is CC(C)C[C@H](NC(=O)CON=C1C=C2CC[C@H]3[C@@H](CC[C@]4(C)[C@H](O)CC[C@@H]34)[C@@]2(C)CC1)C(=O)O. The summed E-state index contributed by atoms with van der Waals surface area (Å²) in [5.74, 6) is 0.674. The second kappa shape index (κ2) is 9.63. The van der Waals surface area contributed by atoms with Crippen LogP contribution in [0.2, 0.25) is 0 Å². The highest BCUT2D eigenvalue weighted by molar-refractivity contribution is 5.96. The number of carboxylic acids is 1. The fourth-order valence-electron chi connectivity index (χ4n) is 7.72.